The summed E-state index contributed by atoms with van der Waals surface area (Å²) in [7, 11) is 0. The highest BCUT2D eigenvalue weighted by Crippen LogP contribution is 2.16. The second kappa shape index (κ2) is 8.74. The number of rotatable bonds is 6. The van der Waals surface area contributed by atoms with Crippen LogP contribution in [0.4, 0.5) is 5.69 Å². The summed E-state index contributed by atoms with van der Waals surface area (Å²) in [4.78, 5) is 17.4. The van der Waals surface area contributed by atoms with E-state index < -0.39 is 0 Å². The highest BCUT2D eigenvalue weighted by Gasteiger charge is 2.18. The van der Waals surface area contributed by atoms with E-state index in [0.717, 1.165) is 34.7 Å². The molecule has 4 aromatic rings. The predicted molar refractivity (Wildman–Crippen MR) is 119 cm³/mol. The van der Waals surface area contributed by atoms with Crippen LogP contribution in [-0.2, 0) is 12.8 Å². The lowest BCUT2D eigenvalue weighted by Crippen LogP contribution is -2.14. The molecule has 5 nitrogen and oxygen atoms in total. The number of carbonyl (C=O) groups is 1. The van der Waals surface area contributed by atoms with Crippen molar-refractivity contribution in [3.05, 3.63) is 107 Å². The number of benzene rings is 3. The molecule has 0 saturated heterocycles. The number of aryl methyl sites for hydroxylation is 4. The Hall–Kier alpha value is -3.73. The van der Waals surface area contributed by atoms with Crippen LogP contribution in [0.15, 0.2) is 78.9 Å². The van der Waals surface area contributed by atoms with Gasteiger partial charge in [0.05, 0.1) is 5.69 Å². The molecule has 0 unspecified atom stereocenters. The van der Waals surface area contributed by atoms with Crippen molar-refractivity contribution in [3.8, 4) is 5.69 Å². The second-order valence-electron chi connectivity index (χ2n) is 7.41. The van der Waals surface area contributed by atoms with Gasteiger partial charge in [0.1, 0.15) is 5.82 Å². The number of nitrogens with zero attached hydrogens (tertiary/aromatic N) is 3. The molecule has 1 amide bonds. The van der Waals surface area contributed by atoms with E-state index in [2.05, 4.69) is 27.5 Å². The smallest absolute Gasteiger partial charge is 0.295 e. The average molecular weight is 396 g/mol. The average Bonchev–Trinajstić information content (AvgIpc) is 3.19. The zero-order chi connectivity index (χ0) is 20.9. The quantitative estimate of drug-likeness (QED) is 0.503. The summed E-state index contributed by atoms with van der Waals surface area (Å²) in [5.41, 5.74) is 5.12. The van der Waals surface area contributed by atoms with E-state index in [9.17, 15) is 4.79 Å². The molecule has 1 aromatic heterocycles. The summed E-state index contributed by atoms with van der Waals surface area (Å²) in [6, 6.07) is 26.0. The minimum absolute atomic E-state index is 0.167. The Labute approximate surface area is 176 Å². The number of hydrogen-bond donors (Lipinski definition) is 1. The number of amides is 1. The minimum atomic E-state index is -0.314. The molecule has 5 heteroatoms. The monoisotopic (exact) mass is 396 g/mol. The van der Waals surface area contributed by atoms with Crippen molar-refractivity contribution in [1.82, 2.24) is 14.8 Å². The van der Waals surface area contributed by atoms with Crippen molar-refractivity contribution < 1.29 is 4.79 Å². The lowest BCUT2D eigenvalue weighted by Gasteiger charge is -2.07. The molecule has 0 fully saturated rings. The van der Waals surface area contributed by atoms with Crippen LogP contribution in [0.3, 0.4) is 0 Å². The molecule has 1 heterocycles. The van der Waals surface area contributed by atoms with Crippen molar-refractivity contribution >= 4 is 11.6 Å². The molecule has 0 bridgehead atoms. The first kappa shape index (κ1) is 19.6. The van der Waals surface area contributed by atoms with E-state index in [1.54, 1.807) is 4.68 Å². The maximum absolute atomic E-state index is 12.8. The highest BCUT2D eigenvalue weighted by molar-refractivity contribution is 6.01. The molecule has 150 valence electrons. The number of carbonyl (C=O) groups excluding carboxylic acids is 1. The highest BCUT2D eigenvalue weighted by atomic mass is 16.2. The lowest BCUT2D eigenvalue weighted by atomic mass is 10.1. The van der Waals surface area contributed by atoms with E-state index in [4.69, 9.17) is 0 Å². The standard InChI is InChI=1S/C25H24N4O/c1-18-11-14-21(15-12-18)26-25(30)24-27-23(16-13-20-8-4-3-5-9-20)29(28-24)22-10-6-7-19(2)17-22/h3-12,14-15,17H,13,16H2,1-2H3,(H,26,30). The van der Waals surface area contributed by atoms with Crippen molar-refractivity contribution in [1.29, 1.82) is 0 Å². The van der Waals surface area contributed by atoms with Gasteiger partial charge in [0.25, 0.3) is 5.91 Å². The van der Waals surface area contributed by atoms with Gasteiger partial charge in [0.2, 0.25) is 5.82 Å². The van der Waals surface area contributed by atoms with Gasteiger partial charge in [-0.1, -0.05) is 60.2 Å². The van der Waals surface area contributed by atoms with E-state index >= 15 is 0 Å². The van der Waals surface area contributed by atoms with Crippen molar-refractivity contribution in [2.45, 2.75) is 26.7 Å². The Balaban J connectivity index is 1.62. The molecule has 0 aliphatic carbocycles. The molecule has 0 atom stereocenters. The van der Waals surface area contributed by atoms with Crippen molar-refractivity contribution in [3.63, 3.8) is 0 Å². The summed E-state index contributed by atoms with van der Waals surface area (Å²) in [5, 5.41) is 7.43. The van der Waals surface area contributed by atoms with Gasteiger partial charge in [0.15, 0.2) is 0 Å². The lowest BCUT2D eigenvalue weighted by molar-refractivity contribution is 0.101. The second-order valence-corrected chi connectivity index (χ2v) is 7.41. The fourth-order valence-corrected chi connectivity index (χ4v) is 3.29. The van der Waals surface area contributed by atoms with Crippen LogP contribution in [0.2, 0.25) is 0 Å². The van der Waals surface area contributed by atoms with Crippen LogP contribution in [0, 0.1) is 13.8 Å². The Morgan fingerprint density at radius 1 is 0.867 bits per heavy atom. The number of nitrogens with one attached hydrogen (secondary N) is 1. The van der Waals surface area contributed by atoms with Crippen LogP contribution >= 0.6 is 0 Å². The molecule has 0 radical (unpaired) electrons. The van der Waals surface area contributed by atoms with Crippen LogP contribution < -0.4 is 5.32 Å². The SMILES string of the molecule is Cc1ccc(NC(=O)c2nc(CCc3ccccc3)n(-c3cccc(C)c3)n2)cc1. The van der Waals surface area contributed by atoms with Gasteiger partial charge in [-0.25, -0.2) is 9.67 Å². The third kappa shape index (κ3) is 4.63. The first-order valence-corrected chi connectivity index (χ1v) is 10.0. The Bertz CT molecular complexity index is 1150. The molecule has 3 aromatic carbocycles. The first-order valence-electron chi connectivity index (χ1n) is 10.0. The maximum Gasteiger partial charge on any atom is 0.295 e. The van der Waals surface area contributed by atoms with E-state index in [-0.39, 0.29) is 11.7 Å². The van der Waals surface area contributed by atoms with Gasteiger partial charge < -0.3 is 5.32 Å². The van der Waals surface area contributed by atoms with E-state index in [1.807, 2.05) is 80.6 Å². The summed E-state index contributed by atoms with van der Waals surface area (Å²) in [5.74, 6) is 0.616. The number of hydrogen-bond acceptors (Lipinski definition) is 3. The fraction of sp³-hybridized carbons (Fsp3) is 0.160. The summed E-state index contributed by atoms with van der Waals surface area (Å²) < 4.78 is 1.78. The summed E-state index contributed by atoms with van der Waals surface area (Å²) >= 11 is 0. The summed E-state index contributed by atoms with van der Waals surface area (Å²) in [6.45, 7) is 4.05. The van der Waals surface area contributed by atoms with E-state index in [1.165, 1.54) is 5.56 Å². The number of anilines is 1. The zero-order valence-corrected chi connectivity index (χ0v) is 17.2. The van der Waals surface area contributed by atoms with Gasteiger partial charge in [-0.3, -0.25) is 4.79 Å². The molecule has 0 aliphatic rings. The fourth-order valence-electron chi connectivity index (χ4n) is 3.29. The Morgan fingerprint density at radius 3 is 2.37 bits per heavy atom. The molecule has 30 heavy (non-hydrogen) atoms. The molecular formula is C25H24N4O. The molecule has 0 spiro atoms. The normalized spacial score (nSPS) is 10.7. The predicted octanol–water partition coefficient (Wildman–Crippen LogP) is 4.92. The third-order valence-electron chi connectivity index (χ3n) is 4.91. The largest absolute Gasteiger partial charge is 0.319 e. The molecule has 0 saturated carbocycles. The van der Waals surface area contributed by atoms with Crippen LogP contribution in [0.5, 0.6) is 0 Å². The Morgan fingerprint density at radius 2 is 1.63 bits per heavy atom. The van der Waals surface area contributed by atoms with Gasteiger partial charge >= 0.3 is 0 Å². The van der Waals surface area contributed by atoms with Gasteiger partial charge in [-0.2, -0.15) is 0 Å². The van der Waals surface area contributed by atoms with Gasteiger partial charge in [-0.15, -0.1) is 5.10 Å². The maximum atomic E-state index is 12.8. The third-order valence-corrected chi connectivity index (χ3v) is 4.91. The molecule has 4 rings (SSSR count). The van der Waals surface area contributed by atoms with Gasteiger partial charge in [-0.05, 0) is 55.7 Å². The minimum Gasteiger partial charge on any atom is -0.319 e. The molecular weight excluding hydrogens is 372 g/mol. The first-order chi connectivity index (χ1) is 14.6. The topological polar surface area (TPSA) is 59.8 Å². The van der Waals surface area contributed by atoms with Gasteiger partial charge in [0, 0.05) is 12.1 Å². The summed E-state index contributed by atoms with van der Waals surface area (Å²) in [6.07, 6.45) is 1.51. The van der Waals surface area contributed by atoms with Crippen LogP contribution in [-0.4, -0.2) is 20.7 Å². The molecule has 1 N–H and O–H groups in total. The molecule has 0 aliphatic heterocycles. The van der Waals surface area contributed by atoms with Crippen molar-refractivity contribution in [2.75, 3.05) is 5.32 Å². The number of aromatic nitrogens is 3. The van der Waals surface area contributed by atoms with Crippen LogP contribution in [0.25, 0.3) is 5.69 Å². The zero-order valence-electron chi connectivity index (χ0n) is 17.2. The van der Waals surface area contributed by atoms with Crippen LogP contribution in [0.1, 0.15) is 33.1 Å². The van der Waals surface area contributed by atoms with Crippen molar-refractivity contribution in [2.24, 2.45) is 0 Å². The Kier molecular flexibility index (Phi) is 5.70. The van der Waals surface area contributed by atoms with E-state index in [0.29, 0.717) is 6.42 Å².